The van der Waals surface area contributed by atoms with E-state index in [0.29, 0.717) is 11.8 Å². The average Bonchev–Trinajstić information content (AvgIpc) is 3.04. The summed E-state index contributed by atoms with van der Waals surface area (Å²) in [5.41, 5.74) is 1.27. The third-order valence-corrected chi connectivity index (χ3v) is 6.30. The quantitative estimate of drug-likeness (QED) is 0.788. The van der Waals surface area contributed by atoms with E-state index in [1.54, 1.807) is 6.07 Å². The third-order valence-electron chi connectivity index (χ3n) is 6.30. The number of benzene rings is 1. The second-order valence-corrected chi connectivity index (χ2v) is 8.60. The molecule has 3 rings (SSSR count). The van der Waals surface area contributed by atoms with Crippen LogP contribution >= 0.6 is 0 Å². The first-order chi connectivity index (χ1) is 12.0. The van der Waals surface area contributed by atoms with Crippen LogP contribution in [0.4, 0.5) is 0 Å². The van der Waals surface area contributed by atoms with E-state index in [2.05, 4.69) is 37.1 Å². The number of aromatic hydroxyl groups is 1. The van der Waals surface area contributed by atoms with Gasteiger partial charge >= 0.3 is 0 Å². The standard InChI is InChI=1S/C22H36N2O/c1-4-6-18-11-14-24(16-18)20-9-12-22(13-10-20,23-17(2)3)19-7-5-8-21(25)15-19/h5,7-8,15,17-18,20,23,25H,4,6,9-14,16H2,1-3H3. The van der Waals surface area contributed by atoms with Gasteiger partial charge < -0.3 is 15.3 Å². The van der Waals surface area contributed by atoms with Gasteiger partial charge in [-0.1, -0.05) is 39.3 Å². The molecule has 140 valence electrons. The van der Waals surface area contributed by atoms with Crippen LogP contribution in [-0.2, 0) is 5.54 Å². The Morgan fingerprint density at radius 2 is 2.00 bits per heavy atom. The molecule has 3 heteroatoms. The van der Waals surface area contributed by atoms with Crippen molar-refractivity contribution in [2.24, 2.45) is 5.92 Å². The molecule has 1 unspecified atom stereocenters. The Morgan fingerprint density at radius 3 is 2.64 bits per heavy atom. The second-order valence-electron chi connectivity index (χ2n) is 8.60. The molecule has 1 aliphatic heterocycles. The molecule has 1 aromatic carbocycles. The molecule has 1 saturated carbocycles. The van der Waals surface area contributed by atoms with Gasteiger partial charge in [-0.05, 0) is 68.7 Å². The molecule has 1 aliphatic carbocycles. The van der Waals surface area contributed by atoms with Crippen LogP contribution < -0.4 is 5.32 Å². The van der Waals surface area contributed by atoms with E-state index in [4.69, 9.17) is 0 Å². The van der Waals surface area contributed by atoms with Crippen LogP contribution in [0.5, 0.6) is 5.75 Å². The molecular weight excluding hydrogens is 308 g/mol. The van der Waals surface area contributed by atoms with Gasteiger partial charge in [0.15, 0.2) is 0 Å². The van der Waals surface area contributed by atoms with Crippen LogP contribution in [0.1, 0.15) is 71.3 Å². The number of nitrogens with zero attached hydrogens (tertiary/aromatic N) is 1. The Balaban J connectivity index is 1.68. The Kier molecular flexibility index (Phi) is 6.06. The van der Waals surface area contributed by atoms with Gasteiger partial charge in [0.1, 0.15) is 5.75 Å². The molecule has 1 atom stereocenters. The number of likely N-dealkylation sites (tertiary alicyclic amines) is 1. The molecule has 1 aromatic rings. The van der Waals surface area contributed by atoms with Crippen LogP contribution in [0.3, 0.4) is 0 Å². The van der Waals surface area contributed by atoms with Crippen molar-refractivity contribution in [3.8, 4) is 5.75 Å². The number of rotatable bonds is 6. The Morgan fingerprint density at radius 1 is 1.24 bits per heavy atom. The summed E-state index contributed by atoms with van der Waals surface area (Å²) < 4.78 is 0. The number of phenols is 1. The lowest BCUT2D eigenvalue weighted by Crippen LogP contribution is -2.51. The van der Waals surface area contributed by atoms with Crippen LogP contribution in [0.2, 0.25) is 0 Å². The molecular formula is C22H36N2O. The van der Waals surface area contributed by atoms with E-state index in [1.807, 2.05) is 12.1 Å². The molecule has 3 nitrogen and oxygen atoms in total. The zero-order valence-electron chi connectivity index (χ0n) is 16.3. The Hall–Kier alpha value is -1.06. The molecule has 1 heterocycles. The highest BCUT2D eigenvalue weighted by Gasteiger charge is 2.40. The normalized spacial score (nSPS) is 30.9. The molecule has 2 fully saturated rings. The molecule has 1 saturated heterocycles. The number of phenolic OH excluding ortho intramolecular Hbond substituents is 1. The van der Waals surface area contributed by atoms with E-state index in [-0.39, 0.29) is 5.54 Å². The number of hydrogen-bond donors (Lipinski definition) is 2. The van der Waals surface area contributed by atoms with E-state index in [9.17, 15) is 5.11 Å². The summed E-state index contributed by atoms with van der Waals surface area (Å²) in [7, 11) is 0. The predicted molar refractivity (Wildman–Crippen MR) is 105 cm³/mol. The molecule has 0 radical (unpaired) electrons. The topological polar surface area (TPSA) is 35.5 Å². The maximum Gasteiger partial charge on any atom is 0.115 e. The summed E-state index contributed by atoms with van der Waals surface area (Å²) in [5.74, 6) is 1.31. The van der Waals surface area contributed by atoms with E-state index >= 15 is 0 Å². The first kappa shape index (κ1) is 18.7. The van der Waals surface area contributed by atoms with Crippen LogP contribution in [0, 0.1) is 5.92 Å². The molecule has 0 bridgehead atoms. The summed E-state index contributed by atoms with van der Waals surface area (Å²) in [6.07, 6.45) is 8.95. The largest absolute Gasteiger partial charge is 0.508 e. The summed E-state index contributed by atoms with van der Waals surface area (Å²) in [5, 5.41) is 13.8. The van der Waals surface area contributed by atoms with Crippen molar-refractivity contribution in [3.63, 3.8) is 0 Å². The highest BCUT2D eigenvalue weighted by atomic mass is 16.3. The van der Waals surface area contributed by atoms with Gasteiger partial charge in [-0.25, -0.2) is 0 Å². The van der Waals surface area contributed by atoms with Crippen molar-refractivity contribution in [2.75, 3.05) is 13.1 Å². The lowest BCUT2D eigenvalue weighted by molar-refractivity contribution is 0.119. The predicted octanol–water partition coefficient (Wildman–Crippen LogP) is 4.65. The first-order valence-corrected chi connectivity index (χ1v) is 10.3. The van der Waals surface area contributed by atoms with Crippen molar-refractivity contribution in [2.45, 2.75) is 83.3 Å². The second kappa shape index (κ2) is 8.09. The van der Waals surface area contributed by atoms with Crippen LogP contribution in [0.25, 0.3) is 0 Å². The lowest BCUT2D eigenvalue weighted by Gasteiger charge is -2.45. The minimum atomic E-state index is 0.0198. The van der Waals surface area contributed by atoms with Crippen molar-refractivity contribution < 1.29 is 5.11 Å². The molecule has 2 N–H and O–H groups in total. The van der Waals surface area contributed by atoms with Crippen molar-refractivity contribution in [1.82, 2.24) is 10.2 Å². The summed E-state index contributed by atoms with van der Waals surface area (Å²) >= 11 is 0. The van der Waals surface area contributed by atoms with Crippen molar-refractivity contribution in [1.29, 1.82) is 0 Å². The van der Waals surface area contributed by atoms with E-state index in [0.717, 1.165) is 24.8 Å². The average molecular weight is 345 g/mol. The summed E-state index contributed by atoms with van der Waals surface area (Å²) in [4.78, 5) is 2.77. The minimum Gasteiger partial charge on any atom is -0.508 e. The number of hydrogen-bond acceptors (Lipinski definition) is 3. The minimum absolute atomic E-state index is 0.0198. The van der Waals surface area contributed by atoms with Gasteiger partial charge in [-0.3, -0.25) is 0 Å². The third kappa shape index (κ3) is 4.38. The summed E-state index contributed by atoms with van der Waals surface area (Å²) in [6.45, 7) is 9.38. The van der Waals surface area contributed by atoms with Crippen LogP contribution in [-0.4, -0.2) is 35.2 Å². The fraction of sp³-hybridized carbons (Fsp3) is 0.727. The maximum atomic E-state index is 9.96. The molecule has 2 aliphatic rings. The lowest BCUT2D eigenvalue weighted by atomic mass is 9.74. The molecule has 0 amide bonds. The van der Waals surface area contributed by atoms with Crippen molar-refractivity contribution in [3.05, 3.63) is 29.8 Å². The van der Waals surface area contributed by atoms with Gasteiger partial charge in [0.05, 0.1) is 0 Å². The molecule has 0 aromatic heterocycles. The van der Waals surface area contributed by atoms with Gasteiger partial charge in [-0.15, -0.1) is 0 Å². The van der Waals surface area contributed by atoms with Gasteiger partial charge in [0, 0.05) is 24.2 Å². The monoisotopic (exact) mass is 344 g/mol. The fourth-order valence-corrected chi connectivity index (χ4v) is 5.17. The maximum absolute atomic E-state index is 9.96. The zero-order chi connectivity index (χ0) is 17.9. The highest BCUT2D eigenvalue weighted by molar-refractivity contribution is 5.33. The van der Waals surface area contributed by atoms with Crippen molar-refractivity contribution >= 4 is 0 Å². The Labute approximate surface area is 153 Å². The molecule has 0 spiro atoms. The highest BCUT2D eigenvalue weighted by Crippen LogP contribution is 2.41. The smallest absolute Gasteiger partial charge is 0.115 e. The van der Waals surface area contributed by atoms with Gasteiger partial charge in [0.25, 0.3) is 0 Å². The Bertz CT molecular complexity index is 549. The zero-order valence-corrected chi connectivity index (χ0v) is 16.3. The van der Waals surface area contributed by atoms with Gasteiger partial charge in [-0.2, -0.15) is 0 Å². The summed E-state index contributed by atoms with van der Waals surface area (Å²) in [6, 6.07) is 9.10. The molecule has 25 heavy (non-hydrogen) atoms. The van der Waals surface area contributed by atoms with E-state index < -0.39 is 0 Å². The van der Waals surface area contributed by atoms with Crippen LogP contribution in [0.15, 0.2) is 24.3 Å². The van der Waals surface area contributed by atoms with Gasteiger partial charge in [0.2, 0.25) is 0 Å². The van der Waals surface area contributed by atoms with E-state index in [1.165, 1.54) is 50.8 Å². The SMILES string of the molecule is CCCC1CCN(C2CCC(NC(C)C)(c3cccc(O)c3)CC2)C1. The fourth-order valence-electron chi connectivity index (χ4n) is 5.17. The first-order valence-electron chi connectivity index (χ1n) is 10.3. The number of nitrogens with one attached hydrogen (secondary N) is 1.